The molecule has 0 amide bonds. The summed E-state index contributed by atoms with van der Waals surface area (Å²) in [5.74, 6) is 0. The molecule has 0 atom stereocenters. The zero-order chi connectivity index (χ0) is 9.56. The van der Waals surface area contributed by atoms with Crippen LogP contribution in [0.5, 0.6) is 0 Å². The Balaban J connectivity index is 4.24. The second kappa shape index (κ2) is 5.87. The molecule has 1 nitrogen and oxygen atoms in total. The fraction of sp³-hybridized carbons (Fsp3) is 0.636. The topological polar surface area (TPSA) is 3.24 Å². The highest BCUT2D eigenvalue weighted by Gasteiger charge is 1.96. The largest absolute Gasteiger partial charge is 0.376 e. The minimum Gasteiger partial charge on any atom is -0.376 e. The molecule has 0 spiro atoms. The quantitative estimate of drug-likeness (QED) is 0.581. The van der Waals surface area contributed by atoms with Gasteiger partial charge >= 0.3 is 0 Å². The van der Waals surface area contributed by atoms with Crippen molar-refractivity contribution < 1.29 is 0 Å². The van der Waals surface area contributed by atoms with Crippen molar-refractivity contribution in [3.05, 3.63) is 23.4 Å². The Kier molecular flexibility index (Phi) is 5.52. The standard InChI is InChI=1S/C11H21N/c1-6-12(7-2)11(5)9-8-10(3)4/h8-9H,6-7H2,1-5H3/b11-9+. The molecule has 0 aromatic carbocycles. The van der Waals surface area contributed by atoms with Crippen molar-refractivity contribution in [3.63, 3.8) is 0 Å². The first-order valence-corrected chi connectivity index (χ1v) is 4.68. The van der Waals surface area contributed by atoms with Crippen LogP contribution in [0.3, 0.4) is 0 Å². The van der Waals surface area contributed by atoms with Crippen LogP contribution in [-0.4, -0.2) is 18.0 Å². The van der Waals surface area contributed by atoms with E-state index in [1.54, 1.807) is 0 Å². The van der Waals surface area contributed by atoms with E-state index < -0.39 is 0 Å². The van der Waals surface area contributed by atoms with E-state index >= 15 is 0 Å². The molecule has 0 aliphatic carbocycles. The molecule has 0 aromatic rings. The molecule has 1 heteroatoms. The molecule has 0 aliphatic heterocycles. The molecule has 0 N–H and O–H groups in total. The van der Waals surface area contributed by atoms with Gasteiger partial charge in [-0.05, 0) is 40.7 Å². The van der Waals surface area contributed by atoms with Crippen molar-refractivity contribution in [2.24, 2.45) is 0 Å². The first-order chi connectivity index (χ1) is 5.61. The van der Waals surface area contributed by atoms with Crippen molar-refractivity contribution in [1.29, 1.82) is 0 Å². The van der Waals surface area contributed by atoms with E-state index in [0.29, 0.717) is 0 Å². The third-order valence-electron chi connectivity index (χ3n) is 1.92. The zero-order valence-corrected chi connectivity index (χ0v) is 9.02. The Bertz CT molecular complexity index is 169. The van der Waals surface area contributed by atoms with Crippen LogP contribution in [-0.2, 0) is 0 Å². The summed E-state index contributed by atoms with van der Waals surface area (Å²) in [6, 6.07) is 0. The van der Waals surface area contributed by atoms with Crippen LogP contribution in [0.1, 0.15) is 34.6 Å². The molecule has 0 unspecified atom stereocenters. The summed E-state index contributed by atoms with van der Waals surface area (Å²) in [5, 5.41) is 0. The SMILES string of the molecule is CCN(CC)/C(C)=C/C=C(C)C. The van der Waals surface area contributed by atoms with Crippen LogP contribution in [0.25, 0.3) is 0 Å². The number of hydrogen-bond acceptors (Lipinski definition) is 1. The van der Waals surface area contributed by atoms with E-state index in [1.807, 2.05) is 0 Å². The van der Waals surface area contributed by atoms with E-state index in [1.165, 1.54) is 11.3 Å². The van der Waals surface area contributed by atoms with Gasteiger partial charge in [0.25, 0.3) is 0 Å². The molecule has 12 heavy (non-hydrogen) atoms. The molecule has 0 radical (unpaired) electrons. The summed E-state index contributed by atoms with van der Waals surface area (Å²) < 4.78 is 0. The van der Waals surface area contributed by atoms with Crippen LogP contribution in [0, 0.1) is 0 Å². The van der Waals surface area contributed by atoms with Gasteiger partial charge in [0.2, 0.25) is 0 Å². The van der Waals surface area contributed by atoms with Crippen LogP contribution >= 0.6 is 0 Å². The minimum absolute atomic E-state index is 1.09. The van der Waals surface area contributed by atoms with Crippen LogP contribution in [0.2, 0.25) is 0 Å². The van der Waals surface area contributed by atoms with Gasteiger partial charge in [-0.3, -0.25) is 0 Å². The second-order valence-electron chi connectivity index (χ2n) is 3.22. The highest BCUT2D eigenvalue weighted by atomic mass is 15.1. The van der Waals surface area contributed by atoms with Gasteiger partial charge in [-0.1, -0.05) is 11.6 Å². The van der Waals surface area contributed by atoms with E-state index in [-0.39, 0.29) is 0 Å². The molecule has 0 bridgehead atoms. The summed E-state index contributed by atoms with van der Waals surface area (Å²) in [7, 11) is 0. The first kappa shape index (κ1) is 11.3. The fourth-order valence-corrected chi connectivity index (χ4v) is 1.12. The molecule has 70 valence electrons. The van der Waals surface area contributed by atoms with Crippen molar-refractivity contribution in [1.82, 2.24) is 4.90 Å². The van der Waals surface area contributed by atoms with Gasteiger partial charge in [-0.25, -0.2) is 0 Å². The zero-order valence-electron chi connectivity index (χ0n) is 9.02. The smallest absolute Gasteiger partial charge is 0.0146 e. The van der Waals surface area contributed by atoms with E-state index in [0.717, 1.165) is 13.1 Å². The normalized spacial score (nSPS) is 11.2. The second-order valence-corrected chi connectivity index (χ2v) is 3.22. The Labute approximate surface area is 76.8 Å². The maximum absolute atomic E-state index is 2.35. The number of hydrogen-bond donors (Lipinski definition) is 0. The van der Waals surface area contributed by atoms with Gasteiger partial charge in [0, 0.05) is 18.8 Å². The summed E-state index contributed by atoms with van der Waals surface area (Å²) in [4.78, 5) is 2.35. The first-order valence-electron chi connectivity index (χ1n) is 4.68. The van der Waals surface area contributed by atoms with Crippen molar-refractivity contribution >= 4 is 0 Å². The lowest BCUT2D eigenvalue weighted by atomic mass is 10.3. The monoisotopic (exact) mass is 167 g/mol. The van der Waals surface area contributed by atoms with Crippen molar-refractivity contribution in [2.75, 3.05) is 13.1 Å². The van der Waals surface area contributed by atoms with Gasteiger partial charge in [0.05, 0.1) is 0 Å². The maximum atomic E-state index is 2.35. The number of rotatable bonds is 4. The molecule has 0 aliphatic rings. The van der Waals surface area contributed by atoms with E-state index in [9.17, 15) is 0 Å². The number of nitrogens with zero attached hydrogens (tertiary/aromatic N) is 1. The van der Waals surface area contributed by atoms with E-state index in [4.69, 9.17) is 0 Å². The average molecular weight is 167 g/mol. The molecule has 0 rings (SSSR count). The Morgan fingerprint density at radius 2 is 1.50 bits per heavy atom. The third-order valence-corrected chi connectivity index (χ3v) is 1.92. The average Bonchev–Trinajstić information content (AvgIpc) is 2.03. The predicted octanol–water partition coefficient (Wildman–Crippen LogP) is 3.20. The summed E-state index contributed by atoms with van der Waals surface area (Å²) in [5.41, 5.74) is 2.70. The third kappa shape index (κ3) is 4.22. The summed E-state index contributed by atoms with van der Waals surface area (Å²) in [6.45, 7) is 12.9. The summed E-state index contributed by atoms with van der Waals surface area (Å²) >= 11 is 0. The molecule has 0 fully saturated rings. The highest BCUT2D eigenvalue weighted by molar-refractivity contribution is 5.13. The molecule has 0 aromatic heterocycles. The molecule has 0 saturated heterocycles. The Hall–Kier alpha value is -0.720. The van der Waals surface area contributed by atoms with E-state index in [2.05, 4.69) is 51.7 Å². The van der Waals surface area contributed by atoms with Gasteiger partial charge in [0.15, 0.2) is 0 Å². The van der Waals surface area contributed by atoms with Crippen molar-refractivity contribution in [3.8, 4) is 0 Å². The molecular formula is C11H21N. The Morgan fingerprint density at radius 3 is 1.83 bits per heavy atom. The van der Waals surface area contributed by atoms with Gasteiger partial charge < -0.3 is 4.90 Å². The lowest BCUT2D eigenvalue weighted by molar-refractivity contribution is 0.383. The van der Waals surface area contributed by atoms with Crippen LogP contribution < -0.4 is 0 Å². The van der Waals surface area contributed by atoms with Crippen molar-refractivity contribution in [2.45, 2.75) is 34.6 Å². The Morgan fingerprint density at radius 1 is 1.00 bits per heavy atom. The number of allylic oxidation sites excluding steroid dienone is 4. The lowest BCUT2D eigenvalue weighted by Crippen LogP contribution is -2.20. The molecule has 0 saturated carbocycles. The van der Waals surface area contributed by atoms with Crippen LogP contribution in [0.4, 0.5) is 0 Å². The molecular weight excluding hydrogens is 146 g/mol. The highest BCUT2D eigenvalue weighted by Crippen LogP contribution is 2.03. The lowest BCUT2D eigenvalue weighted by Gasteiger charge is -2.21. The van der Waals surface area contributed by atoms with Gasteiger partial charge in [-0.2, -0.15) is 0 Å². The van der Waals surface area contributed by atoms with Crippen LogP contribution in [0.15, 0.2) is 23.4 Å². The van der Waals surface area contributed by atoms with Gasteiger partial charge in [0.1, 0.15) is 0 Å². The summed E-state index contributed by atoms with van der Waals surface area (Å²) in [6.07, 6.45) is 4.34. The molecule has 0 heterocycles. The maximum Gasteiger partial charge on any atom is 0.0146 e. The predicted molar refractivity (Wildman–Crippen MR) is 56.1 cm³/mol. The minimum atomic E-state index is 1.09. The fourth-order valence-electron chi connectivity index (χ4n) is 1.12. The van der Waals surface area contributed by atoms with Gasteiger partial charge in [-0.15, -0.1) is 0 Å².